The van der Waals surface area contributed by atoms with Crippen LogP contribution in [0.1, 0.15) is 25.1 Å². The number of thiazole rings is 1. The predicted molar refractivity (Wildman–Crippen MR) is 112 cm³/mol. The van der Waals surface area contributed by atoms with Gasteiger partial charge in [0.05, 0.1) is 36.0 Å². The molecule has 0 spiro atoms. The largest absolute Gasteiger partial charge is 0.463 e. The SMILES string of the molecule is CCOC(=O)C1=C(COC(=O)Cc2csc(-c3cccc(C)c3)n2)NC(=O)N[C@@H]1C. The molecular weight excluding hydrogens is 406 g/mol. The second kappa shape index (κ2) is 9.53. The quantitative estimate of drug-likeness (QED) is 0.656. The van der Waals surface area contributed by atoms with Gasteiger partial charge in [-0.3, -0.25) is 4.79 Å². The number of aromatic nitrogens is 1. The van der Waals surface area contributed by atoms with E-state index in [9.17, 15) is 14.4 Å². The van der Waals surface area contributed by atoms with Gasteiger partial charge in [-0.25, -0.2) is 14.6 Å². The molecule has 0 saturated heterocycles. The summed E-state index contributed by atoms with van der Waals surface area (Å²) >= 11 is 1.46. The Morgan fingerprint density at radius 3 is 2.80 bits per heavy atom. The molecule has 2 aromatic rings. The topological polar surface area (TPSA) is 107 Å². The van der Waals surface area contributed by atoms with Gasteiger partial charge in [-0.05, 0) is 26.8 Å². The number of hydrogen-bond acceptors (Lipinski definition) is 7. The molecule has 158 valence electrons. The number of benzene rings is 1. The van der Waals surface area contributed by atoms with Crippen LogP contribution < -0.4 is 10.6 Å². The highest BCUT2D eigenvalue weighted by atomic mass is 32.1. The summed E-state index contributed by atoms with van der Waals surface area (Å²) in [4.78, 5) is 40.7. The molecule has 30 heavy (non-hydrogen) atoms. The van der Waals surface area contributed by atoms with E-state index in [0.717, 1.165) is 16.1 Å². The van der Waals surface area contributed by atoms with Crippen LogP contribution >= 0.6 is 11.3 Å². The van der Waals surface area contributed by atoms with Crippen molar-refractivity contribution in [3.8, 4) is 10.6 Å². The molecule has 9 heteroatoms. The smallest absolute Gasteiger partial charge is 0.338 e. The third-order valence-corrected chi connectivity index (χ3v) is 5.33. The third kappa shape index (κ3) is 5.24. The molecule has 1 aromatic carbocycles. The Labute approximate surface area is 178 Å². The molecule has 0 unspecified atom stereocenters. The number of carbonyl (C=O) groups is 3. The predicted octanol–water partition coefficient (Wildman–Crippen LogP) is 2.72. The minimum atomic E-state index is -0.564. The molecule has 2 amide bonds. The van der Waals surface area contributed by atoms with Crippen LogP contribution in [0.3, 0.4) is 0 Å². The van der Waals surface area contributed by atoms with Gasteiger partial charge in [0.1, 0.15) is 11.6 Å². The Hall–Kier alpha value is -3.20. The highest BCUT2D eigenvalue weighted by molar-refractivity contribution is 7.13. The second-order valence-electron chi connectivity index (χ2n) is 6.78. The van der Waals surface area contributed by atoms with Crippen molar-refractivity contribution in [3.05, 3.63) is 52.2 Å². The molecular formula is C21H23N3O5S. The van der Waals surface area contributed by atoms with E-state index < -0.39 is 24.0 Å². The number of carbonyl (C=O) groups excluding carboxylic acids is 3. The van der Waals surface area contributed by atoms with Gasteiger partial charge in [-0.15, -0.1) is 11.3 Å². The van der Waals surface area contributed by atoms with Gasteiger partial charge in [-0.2, -0.15) is 0 Å². The standard InChI is InChI=1S/C21H23N3O5S/c1-4-28-20(26)18-13(3)22-21(27)24-16(18)10-29-17(25)9-15-11-30-19(23-15)14-7-5-6-12(2)8-14/h5-8,11,13H,4,9-10H2,1-3H3,(H2,22,24,27)/t13-/m1/s1. The molecule has 1 aliphatic heterocycles. The average molecular weight is 429 g/mol. The summed E-state index contributed by atoms with van der Waals surface area (Å²) in [6.07, 6.45) is -0.00785. The number of hydrogen-bond donors (Lipinski definition) is 2. The fraction of sp³-hybridized carbons (Fsp3) is 0.333. The Kier molecular flexibility index (Phi) is 6.83. The first kappa shape index (κ1) is 21.5. The lowest BCUT2D eigenvalue weighted by molar-refractivity contribution is -0.143. The summed E-state index contributed by atoms with van der Waals surface area (Å²) in [5.74, 6) is -1.07. The average Bonchev–Trinajstić information content (AvgIpc) is 3.14. The van der Waals surface area contributed by atoms with Gasteiger partial charge in [0, 0.05) is 10.9 Å². The van der Waals surface area contributed by atoms with Crippen molar-refractivity contribution >= 4 is 29.3 Å². The zero-order valence-electron chi connectivity index (χ0n) is 17.0. The summed E-state index contributed by atoms with van der Waals surface area (Å²) in [6, 6.07) is 6.95. The van der Waals surface area contributed by atoms with Crippen LogP contribution in [-0.2, 0) is 25.5 Å². The van der Waals surface area contributed by atoms with Crippen molar-refractivity contribution in [2.75, 3.05) is 13.2 Å². The number of nitrogens with zero attached hydrogens (tertiary/aromatic N) is 1. The lowest BCUT2D eigenvalue weighted by Gasteiger charge is -2.26. The van der Waals surface area contributed by atoms with Crippen LogP contribution in [0.4, 0.5) is 4.79 Å². The van der Waals surface area contributed by atoms with E-state index >= 15 is 0 Å². The van der Waals surface area contributed by atoms with Crippen molar-refractivity contribution in [3.63, 3.8) is 0 Å². The highest BCUT2D eigenvalue weighted by Gasteiger charge is 2.30. The van der Waals surface area contributed by atoms with Crippen LogP contribution in [0.25, 0.3) is 10.6 Å². The molecule has 0 saturated carbocycles. The van der Waals surface area contributed by atoms with Gasteiger partial charge in [-0.1, -0.05) is 23.8 Å². The Morgan fingerprint density at radius 2 is 2.07 bits per heavy atom. The first-order valence-corrected chi connectivity index (χ1v) is 10.4. The molecule has 2 N–H and O–H groups in total. The normalized spacial score (nSPS) is 16.0. The van der Waals surface area contributed by atoms with Gasteiger partial charge < -0.3 is 20.1 Å². The van der Waals surface area contributed by atoms with E-state index in [1.165, 1.54) is 11.3 Å². The molecule has 3 rings (SSSR count). The third-order valence-electron chi connectivity index (χ3n) is 4.39. The van der Waals surface area contributed by atoms with E-state index in [-0.39, 0.29) is 30.9 Å². The zero-order chi connectivity index (χ0) is 21.7. The van der Waals surface area contributed by atoms with E-state index in [2.05, 4.69) is 15.6 Å². The molecule has 0 bridgehead atoms. The summed E-state index contributed by atoms with van der Waals surface area (Å²) in [7, 11) is 0. The lowest BCUT2D eigenvalue weighted by atomic mass is 10.0. The van der Waals surface area contributed by atoms with Gasteiger partial charge >= 0.3 is 18.0 Å². The highest BCUT2D eigenvalue weighted by Crippen LogP contribution is 2.24. The van der Waals surface area contributed by atoms with E-state index in [1.807, 2.05) is 36.6 Å². The summed E-state index contributed by atoms with van der Waals surface area (Å²) < 4.78 is 10.3. The van der Waals surface area contributed by atoms with E-state index in [0.29, 0.717) is 5.69 Å². The van der Waals surface area contributed by atoms with Crippen LogP contribution in [-0.4, -0.2) is 42.2 Å². The number of aryl methyl sites for hydroxylation is 1. The molecule has 1 aromatic heterocycles. The Balaban J connectivity index is 1.65. The fourth-order valence-corrected chi connectivity index (χ4v) is 3.86. The number of amides is 2. The number of nitrogens with one attached hydrogen (secondary N) is 2. The fourth-order valence-electron chi connectivity index (χ4n) is 3.04. The summed E-state index contributed by atoms with van der Waals surface area (Å²) in [6.45, 7) is 5.32. The molecule has 8 nitrogen and oxygen atoms in total. The van der Waals surface area contributed by atoms with Crippen LogP contribution in [0.2, 0.25) is 0 Å². The van der Waals surface area contributed by atoms with Crippen molar-refractivity contribution in [2.45, 2.75) is 33.2 Å². The maximum absolute atomic E-state index is 12.3. The Bertz CT molecular complexity index is 998. The molecule has 0 fully saturated rings. The first-order chi connectivity index (χ1) is 14.4. The number of rotatable bonds is 7. The Morgan fingerprint density at radius 1 is 1.27 bits per heavy atom. The van der Waals surface area contributed by atoms with Gasteiger partial charge in [0.25, 0.3) is 0 Å². The van der Waals surface area contributed by atoms with Gasteiger partial charge in [0.15, 0.2) is 0 Å². The maximum atomic E-state index is 12.3. The molecule has 1 aliphatic rings. The molecule has 0 radical (unpaired) electrons. The van der Waals surface area contributed by atoms with E-state index in [1.54, 1.807) is 13.8 Å². The van der Waals surface area contributed by atoms with Gasteiger partial charge in [0.2, 0.25) is 0 Å². The van der Waals surface area contributed by atoms with Crippen LogP contribution in [0.5, 0.6) is 0 Å². The second-order valence-corrected chi connectivity index (χ2v) is 7.64. The summed E-state index contributed by atoms with van der Waals surface area (Å²) in [5, 5.41) is 7.76. The van der Waals surface area contributed by atoms with Crippen molar-refractivity contribution in [1.82, 2.24) is 15.6 Å². The summed E-state index contributed by atoms with van der Waals surface area (Å²) in [5.41, 5.74) is 3.18. The van der Waals surface area contributed by atoms with Crippen LogP contribution in [0, 0.1) is 6.92 Å². The van der Waals surface area contributed by atoms with E-state index in [4.69, 9.17) is 9.47 Å². The van der Waals surface area contributed by atoms with Crippen LogP contribution in [0.15, 0.2) is 40.9 Å². The molecule has 0 aliphatic carbocycles. The lowest BCUT2D eigenvalue weighted by Crippen LogP contribution is -2.50. The number of ether oxygens (including phenoxy) is 2. The number of esters is 2. The zero-order valence-corrected chi connectivity index (χ0v) is 17.8. The monoisotopic (exact) mass is 429 g/mol. The van der Waals surface area contributed by atoms with Crippen molar-refractivity contribution in [2.24, 2.45) is 0 Å². The van der Waals surface area contributed by atoms with Crippen molar-refractivity contribution < 1.29 is 23.9 Å². The molecule has 2 heterocycles. The molecule has 1 atom stereocenters. The first-order valence-electron chi connectivity index (χ1n) is 9.52. The van der Waals surface area contributed by atoms with Crippen molar-refractivity contribution in [1.29, 1.82) is 0 Å². The maximum Gasteiger partial charge on any atom is 0.338 e. The minimum Gasteiger partial charge on any atom is -0.463 e. The minimum absolute atomic E-state index is 0.00785. The number of urea groups is 1.